The highest BCUT2D eigenvalue weighted by atomic mass is 16.3. The molecule has 0 spiro atoms. The SMILES string of the molecule is CCCN(CCC)C(=O)C1=Cc2ccc(C(=O)Nc3cncc(CNC(=O)CCCCCNC(=O)C4CCC(CN5C(=O)C=CC5O)CC4)c3)cc2N=C(N)C1. The molecule has 5 amide bonds. The Morgan fingerprint density at radius 2 is 1.75 bits per heavy atom. The fourth-order valence-electron chi connectivity index (χ4n) is 7.40. The van der Waals surface area contributed by atoms with Gasteiger partial charge in [-0.15, -0.1) is 0 Å². The number of aromatic nitrogens is 1. The van der Waals surface area contributed by atoms with Gasteiger partial charge in [0.15, 0.2) is 0 Å². The maximum atomic E-state index is 13.3. The number of hydrogen-bond acceptors (Lipinski definition) is 9. The lowest BCUT2D eigenvalue weighted by Gasteiger charge is -2.31. The predicted octanol–water partition coefficient (Wildman–Crippen LogP) is 4.57. The van der Waals surface area contributed by atoms with Crippen molar-refractivity contribution in [1.82, 2.24) is 25.4 Å². The van der Waals surface area contributed by atoms with Crippen LogP contribution in [0.3, 0.4) is 0 Å². The summed E-state index contributed by atoms with van der Waals surface area (Å²) in [4.78, 5) is 75.7. The fraction of sp³-hybridized carbons (Fsp3) is 0.500. The summed E-state index contributed by atoms with van der Waals surface area (Å²) in [5.74, 6) is -0.0399. The van der Waals surface area contributed by atoms with Gasteiger partial charge < -0.3 is 36.6 Å². The molecule has 5 rings (SSSR count). The van der Waals surface area contributed by atoms with Crippen LogP contribution in [-0.2, 0) is 25.7 Å². The Bertz CT molecular complexity index is 1830. The van der Waals surface area contributed by atoms with Gasteiger partial charge in [0.05, 0.1) is 17.6 Å². The highest BCUT2D eigenvalue weighted by Gasteiger charge is 2.31. The van der Waals surface area contributed by atoms with Crippen molar-refractivity contribution >= 4 is 52.8 Å². The molecule has 0 bridgehead atoms. The zero-order valence-electron chi connectivity index (χ0n) is 32.6. The largest absolute Gasteiger partial charge is 0.387 e. The van der Waals surface area contributed by atoms with E-state index in [9.17, 15) is 29.1 Å². The van der Waals surface area contributed by atoms with Crippen molar-refractivity contribution in [1.29, 1.82) is 0 Å². The molecule has 14 nitrogen and oxygen atoms in total. The van der Waals surface area contributed by atoms with Crippen LogP contribution in [0, 0.1) is 11.8 Å². The van der Waals surface area contributed by atoms with Crippen LogP contribution in [0.25, 0.3) is 6.08 Å². The summed E-state index contributed by atoms with van der Waals surface area (Å²) in [6, 6.07) is 6.87. The summed E-state index contributed by atoms with van der Waals surface area (Å²) >= 11 is 0. The van der Waals surface area contributed by atoms with E-state index in [1.807, 2.05) is 24.8 Å². The molecule has 1 aromatic carbocycles. The molecule has 1 fully saturated rings. The van der Waals surface area contributed by atoms with Crippen LogP contribution in [0.2, 0.25) is 0 Å². The maximum Gasteiger partial charge on any atom is 0.255 e. The molecular weight excluding hydrogens is 713 g/mol. The average Bonchev–Trinajstić information content (AvgIpc) is 3.39. The lowest BCUT2D eigenvalue weighted by atomic mass is 9.81. The highest BCUT2D eigenvalue weighted by molar-refractivity contribution is 6.08. The number of nitrogens with two attached hydrogens (primary N) is 1. The van der Waals surface area contributed by atoms with E-state index in [1.165, 1.54) is 23.2 Å². The number of carbonyl (C=O) groups excluding carboxylic acids is 5. The number of rotatable bonds is 18. The smallest absolute Gasteiger partial charge is 0.255 e. The number of unbranched alkanes of at least 4 members (excludes halogenated alkanes) is 2. The minimum atomic E-state index is -0.845. The molecule has 1 atom stereocenters. The number of amides is 5. The second kappa shape index (κ2) is 20.5. The van der Waals surface area contributed by atoms with Crippen LogP contribution in [0.5, 0.6) is 0 Å². The van der Waals surface area contributed by atoms with E-state index >= 15 is 0 Å². The quantitative estimate of drug-likeness (QED) is 0.136. The molecule has 2 aliphatic heterocycles. The number of anilines is 1. The van der Waals surface area contributed by atoms with Crippen LogP contribution in [0.1, 0.15) is 106 Å². The lowest BCUT2D eigenvalue weighted by molar-refractivity contribution is -0.133. The van der Waals surface area contributed by atoms with E-state index in [4.69, 9.17) is 5.73 Å². The Labute approximate surface area is 329 Å². The van der Waals surface area contributed by atoms with E-state index in [1.54, 1.807) is 30.5 Å². The number of fused-ring (bicyclic) bond motifs is 1. The number of aliphatic imine (C=N–C) groups is 1. The van der Waals surface area contributed by atoms with Gasteiger partial charge in [0.2, 0.25) is 23.6 Å². The molecule has 1 saturated carbocycles. The molecule has 14 heteroatoms. The summed E-state index contributed by atoms with van der Waals surface area (Å²) in [6.45, 7) is 6.76. The van der Waals surface area contributed by atoms with Gasteiger partial charge in [-0.05, 0) is 93.2 Å². The molecule has 0 saturated heterocycles. The third-order valence-corrected chi connectivity index (χ3v) is 10.4. The molecule has 2 aromatic rings. The number of aliphatic hydroxyl groups is 1. The molecule has 1 aliphatic carbocycles. The second-order valence-electron chi connectivity index (χ2n) is 14.9. The summed E-state index contributed by atoms with van der Waals surface area (Å²) in [5.41, 5.74) is 9.59. The van der Waals surface area contributed by atoms with E-state index in [0.717, 1.165) is 56.9 Å². The van der Waals surface area contributed by atoms with Crippen LogP contribution in [0.4, 0.5) is 11.4 Å². The molecule has 300 valence electrons. The Morgan fingerprint density at radius 1 is 0.982 bits per heavy atom. The molecule has 56 heavy (non-hydrogen) atoms. The molecule has 1 aromatic heterocycles. The van der Waals surface area contributed by atoms with Gasteiger partial charge in [0, 0.05) is 80.5 Å². The number of aliphatic hydroxyl groups excluding tert-OH is 1. The number of benzene rings is 1. The average molecular weight is 769 g/mol. The third kappa shape index (κ3) is 11.8. The Hall–Kier alpha value is -5.37. The Balaban J connectivity index is 0.997. The molecular formula is C42H56N8O6. The van der Waals surface area contributed by atoms with Crippen molar-refractivity contribution < 1.29 is 29.1 Å². The third-order valence-electron chi connectivity index (χ3n) is 10.4. The van der Waals surface area contributed by atoms with E-state index < -0.39 is 6.23 Å². The number of carbonyl (C=O) groups is 5. The summed E-state index contributed by atoms with van der Waals surface area (Å²) in [6.07, 6.45) is 14.9. The first-order valence-corrected chi connectivity index (χ1v) is 20.0. The lowest BCUT2D eigenvalue weighted by Crippen LogP contribution is -2.40. The summed E-state index contributed by atoms with van der Waals surface area (Å²) in [5, 5.41) is 18.7. The first-order valence-electron chi connectivity index (χ1n) is 20.0. The Morgan fingerprint density at radius 3 is 2.46 bits per heavy atom. The monoisotopic (exact) mass is 768 g/mol. The molecule has 0 radical (unpaired) electrons. The topological polar surface area (TPSA) is 199 Å². The van der Waals surface area contributed by atoms with Gasteiger partial charge in [-0.1, -0.05) is 26.3 Å². The molecule has 1 unspecified atom stereocenters. The van der Waals surface area contributed by atoms with Gasteiger partial charge in [-0.25, -0.2) is 4.99 Å². The first kappa shape index (κ1) is 41.8. The number of nitrogens with one attached hydrogen (secondary N) is 3. The first-order chi connectivity index (χ1) is 27.0. The van der Waals surface area contributed by atoms with Crippen LogP contribution < -0.4 is 21.7 Å². The minimum Gasteiger partial charge on any atom is -0.387 e. The predicted molar refractivity (Wildman–Crippen MR) is 215 cm³/mol. The highest BCUT2D eigenvalue weighted by Crippen LogP contribution is 2.31. The fourth-order valence-corrected chi connectivity index (χ4v) is 7.40. The van der Waals surface area contributed by atoms with Crippen molar-refractivity contribution in [2.45, 2.75) is 97.2 Å². The van der Waals surface area contributed by atoms with Crippen molar-refractivity contribution in [3.05, 3.63) is 71.1 Å². The van der Waals surface area contributed by atoms with Crippen molar-refractivity contribution in [2.75, 3.05) is 31.5 Å². The van der Waals surface area contributed by atoms with Crippen LogP contribution >= 0.6 is 0 Å². The van der Waals surface area contributed by atoms with Gasteiger partial charge in [0.25, 0.3) is 5.91 Å². The standard InChI is InChI=1S/C42H56N8O6/c1-3-18-49(19-4-2)42(56)33-21-31-13-14-32(22-35(31)48-36(43)23-33)41(55)47-34-20-29(24-44-26-34)25-46-37(51)8-6-5-7-17-45-40(54)30-11-9-28(10-12-30)27-50-38(52)15-16-39(50)53/h13-16,20-22,24,26,28,30,38,52H,3-12,17-19,23,25,27H2,1-2H3,(H2,43,48)(H,45,54)(H,46,51)(H,47,55). The van der Waals surface area contributed by atoms with Gasteiger partial charge in [0.1, 0.15) is 12.1 Å². The number of pyridine rings is 1. The van der Waals surface area contributed by atoms with E-state index in [2.05, 4.69) is 25.9 Å². The van der Waals surface area contributed by atoms with Crippen LogP contribution in [-0.4, -0.2) is 87.7 Å². The minimum absolute atomic E-state index is 0.0313. The van der Waals surface area contributed by atoms with Gasteiger partial charge in [-0.3, -0.25) is 29.0 Å². The van der Waals surface area contributed by atoms with E-state index in [0.29, 0.717) is 72.9 Å². The van der Waals surface area contributed by atoms with Gasteiger partial charge in [-0.2, -0.15) is 0 Å². The van der Waals surface area contributed by atoms with Crippen molar-refractivity contribution in [3.63, 3.8) is 0 Å². The number of hydrogen-bond donors (Lipinski definition) is 5. The molecule has 6 N–H and O–H groups in total. The summed E-state index contributed by atoms with van der Waals surface area (Å²) < 4.78 is 0. The second-order valence-corrected chi connectivity index (χ2v) is 14.9. The zero-order valence-corrected chi connectivity index (χ0v) is 32.6. The normalized spacial score (nSPS) is 19.0. The molecule has 3 aliphatic rings. The number of nitrogens with zero attached hydrogens (tertiary/aromatic N) is 4. The van der Waals surface area contributed by atoms with Crippen molar-refractivity contribution in [3.8, 4) is 0 Å². The summed E-state index contributed by atoms with van der Waals surface area (Å²) in [7, 11) is 0. The van der Waals surface area contributed by atoms with Crippen molar-refractivity contribution in [2.24, 2.45) is 22.6 Å². The zero-order chi connectivity index (χ0) is 40.0. The van der Waals surface area contributed by atoms with Crippen LogP contribution in [0.15, 0.2) is 59.4 Å². The molecule has 3 heterocycles. The maximum absolute atomic E-state index is 13.3. The number of amidine groups is 1. The Kier molecular flexibility index (Phi) is 15.3. The van der Waals surface area contributed by atoms with E-state index in [-0.39, 0.29) is 54.3 Å². The van der Waals surface area contributed by atoms with Gasteiger partial charge >= 0.3 is 0 Å².